The topological polar surface area (TPSA) is 118 Å². The zero-order valence-electron chi connectivity index (χ0n) is 16.8. The summed E-state index contributed by atoms with van der Waals surface area (Å²) in [6.45, 7) is 1.67. The third kappa shape index (κ3) is 3.99. The number of nitrogens with zero attached hydrogens (tertiary/aromatic N) is 5. The lowest BCUT2D eigenvalue weighted by Crippen LogP contribution is -2.41. The van der Waals surface area contributed by atoms with Crippen molar-refractivity contribution in [3.05, 3.63) is 24.5 Å². The molecular formula is C19H25N7O3S. The van der Waals surface area contributed by atoms with Crippen LogP contribution in [0.15, 0.2) is 24.5 Å². The van der Waals surface area contributed by atoms with Crippen molar-refractivity contribution in [1.82, 2.24) is 29.1 Å². The molecule has 2 fully saturated rings. The lowest BCUT2D eigenvalue weighted by atomic mass is 10.1. The van der Waals surface area contributed by atoms with Crippen molar-refractivity contribution < 1.29 is 13.2 Å². The third-order valence-corrected chi connectivity index (χ3v) is 6.98. The fraction of sp³-hybridized carbons (Fsp3) is 0.526. The van der Waals surface area contributed by atoms with Gasteiger partial charge in [0.15, 0.2) is 5.65 Å². The number of sulfonamides is 1. The van der Waals surface area contributed by atoms with Crippen molar-refractivity contribution in [3.63, 3.8) is 0 Å². The molecule has 30 heavy (non-hydrogen) atoms. The Morgan fingerprint density at radius 1 is 1.23 bits per heavy atom. The Labute approximate surface area is 174 Å². The zero-order valence-corrected chi connectivity index (χ0v) is 17.6. The van der Waals surface area contributed by atoms with Gasteiger partial charge in [0, 0.05) is 36.5 Å². The highest BCUT2D eigenvalue weighted by atomic mass is 32.2. The number of fused-ring (bicyclic) bond motifs is 1. The van der Waals surface area contributed by atoms with Crippen LogP contribution in [0.3, 0.4) is 0 Å². The van der Waals surface area contributed by atoms with Crippen LogP contribution < -0.4 is 10.1 Å². The van der Waals surface area contributed by atoms with E-state index in [0.717, 1.165) is 11.1 Å². The predicted octanol–water partition coefficient (Wildman–Crippen LogP) is 1.74. The Bertz CT molecular complexity index is 1130. The summed E-state index contributed by atoms with van der Waals surface area (Å²) < 4.78 is 32.8. The SMILES string of the molecule is CS(=O)(=O)N1CCC(Nc2nc3ccc(-c4cn[nH]c4)c(OCC4CC4)n3n2)CC1. The zero-order chi connectivity index (χ0) is 20.7. The number of nitrogens with one attached hydrogen (secondary N) is 2. The van der Waals surface area contributed by atoms with Gasteiger partial charge in [0.25, 0.3) is 0 Å². The minimum atomic E-state index is -3.14. The van der Waals surface area contributed by atoms with Crippen LogP contribution in [0.2, 0.25) is 0 Å². The number of anilines is 1. The maximum Gasteiger partial charge on any atom is 0.243 e. The second-order valence-electron chi connectivity index (χ2n) is 8.08. The molecule has 0 radical (unpaired) electrons. The molecule has 1 saturated heterocycles. The molecule has 0 aromatic carbocycles. The molecule has 0 atom stereocenters. The summed E-state index contributed by atoms with van der Waals surface area (Å²) in [6.07, 6.45) is 8.68. The van der Waals surface area contributed by atoms with Crippen LogP contribution in [0.25, 0.3) is 16.8 Å². The molecule has 11 heteroatoms. The van der Waals surface area contributed by atoms with E-state index in [1.807, 2.05) is 18.3 Å². The summed E-state index contributed by atoms with van der Waals surface area (Å²) in [5.74, 6) is 1.79. The first-order chi connectivity index (χ1) is 14.5. The van der Waals surface area contributed by atoms with Crippen molar-refractivity contribution in [3.8, 4) is 17.0 Å². The smallest absolute Gasteiger partial charge is 0.243 e. The molecule has 5 rings (SSSR count). The van der Waals surface area contributed by atoms with E-state index in [1.54, 1.807) is 10.7 Å². The van der Waals surface area contributed by atoms with Gasteiger partial charge >= 0.3 is 0 Å². The number of aromatic nitrogens is 5. The number of ether oxygens (including phenoxy) is 1. The van der Waals surface area contributed by atoms with Crippen LogP contribution in [-0.2, 0) is 10.0 Å². The van der Waals surface area contributed by atoms with E-state index in [9.17, 15) is 8.42 Å². The molecular weight excluding hydrogens is 406 g/mol. The van der Waals surface area contributed by atoms with Gasteiger partial charge in [-0.1, -0.05) is 0 Å². The molecule has 4 heterocycles. The second-order valence-corrected chi connectivity index (χ2v) is 10.1. The fourth-order valence-corrected chi connectivity index (χ4v) is 4.61. The highest BCUT2D eigenvalue weighted by Gasteiger charge is 2.27. The van der Waals surface area contributed by atoms with Gasteiger partial charge in [0.1, 0.15) is 0 Å². The van der Waals surface area contributed by atoms with Crippen LogP contribution >= 0.6 is 0 Å². The minimum Gasteiger partial charge on any atom is -0.477 e. The van der Waals surface area contributed by atoms with E-state index in [2.05, 4.69) is 25.6 Å². The highest BCUT2D eigenvalue weighted by molar-refractivity contribution is 7.88. The van der Waals surface area contributed by atoms with Gasteiger partial charge in [-0.15, -0.1) is 5.10 Å². The highest BCUT2D eigenvalue weighted by Crippen LogP contribution is 2.34. The Morgan fingerprint density at radius 3 is 2.70 bits per heavy atom. The van der Waals surface area contributed by atoms with E-state index in [0.29, 0.717) is 55.9 Å². The Balaban J connectivity index is 1.39. The van der Waals surface area contributed by atoms with Crippen molar-refractivity contribution in [2.45, 2.75) is 31.7 Å². The number of rotatable bonds is 7. The minimum absolute atomic E-state index is 0.129. The quantitative estimate of drug-likeness (QED) is 0.585. The standard InChI is InChI=1S/C19H25N7O3S/c1-30(27,28)25-8-6-15(7-9-25)22-19-23-17-5-4-16(14-10-20-21-11-14)18(26(17)24-19)29-12-13-2-3-13/h4-5,10-11,13,15H,2-3,6-9,12H2,1H3,(H,20,21)(H,22,24). The van der Waals surface area contributed by atoms with E-state index >= 15 is 0 Å². The molecule has 1 aliphatic carbocycles. The van der Waals surface area contributed by atoms with E-state index in [4.69, 9.17) is 4.74 Å². The summed E-state index contributed by atoms with van der Waals surface area (Å²) in [5, 5.41) is 14.9. The van der Waals surface area contributed by atoms with Gasteiger partial charge < -0.3 is 10.1 Å². The summed E-state index contributed by atoms with van der Waals surface area (Å²) >= 11 is 0. The fourth-order valence-electron chi connectivity index (χ4n) is 3.74. The average molecular weight is 432 g/mol. The molecule has 3 aromatic heterocycles. The lowest BCUT2D eigenvalue weighted by molar-refractivity contribution is 0.282. The first kappa shape index (κ1) is 19.3. The summed E-state index contributed by atoms with van der Waals surface area (Å²) in [6, 6.07) is 4.02. The van der Waals surface area contributed by atoms with Crippen LogP contribution in [0.5, 0.6) is 5.88 Å². The van der Waals surface area contributed by atoms with Gasteiger partial charge in [-0.3, -0.25) is 5.10 Å². The number of H-pyrrole nitrogens is 1. The normalized spacial score (nSPS) is 18.7. The molecule has 3 aromatic rings. The van der Waals surface area contributed by atoms with Gasteiger partial charge in [-0.05, 0) is 43.7 Å². The molecule has 2 aliphatic rings. The molecule has 0 bridgehead atoms. The summed E-state index contributed by atoms with van der Waals surface area (Å²) in [4.78, 5) is 4.61. The summed E-state index contributed by atoms with van der Waals surface area (Å²) in [5.41, 5.74) is 2.54. The average Bonchev–Trinajstić information content (AvgIpc) is 3.21. The molecule has 0 amide bonds. The molecule has 160 valence electrons. The van der Waals surface area contributed by atoms with Crippen LogP contribution in [0.1, 0.15) is 25.7 Å². The lowest BCUT2D eigenvalue weighted by Gasteiger charge is -2.30. The number of aromatic amines is 1. The van der Waals surface area contributed by atoms with Crippen LogP contribution in [-0.4, -0.2) is 69.5 Å². The van der Waals surface area contributed by atoms with Crippen LogP contribution in [0.4, 0.5) is 5.95 Å². The number of hydrogen-bond acceptors (Lipinski definition) is 7. The van der Waals surface area contributed by atoms with Crippen molar-refractivity contribution in [2.75, 3.05) is 31.3 Å². The Kier molecular flexibility index (Phi) is 4.86. The van der Waals surface area contributed by atoms with E-state index < -0.39 is 10.0 Å². The van der Waals surface area contributed by atoms with E-state index in [-0.39, 0.29) is 6.04 Å². The van der Waals surface area contributed by atoms with Gasteiger partial charge in [0.05, 0.1) is 19.1 Å². The largest absolute Gasteiger partial charge is 0.477 e. The number of pyridine rings is 1. The Hall–Kier alpha value is -2.66. The van der Waals surface area contributed by atoms with Gasteiger partial charge in [-0.25, -0.2) is 12.7 Å². The molecule has 10 nitrogen and oxygen atoms in total. The third-order valence-electron chi connectivity index (χ3n) is 5.67. The van der Waals surface area contributed by atoms with Crippen molar-refractivity contribution in [2.24, 2.45) is 5.92 Å². The van der Waals surface area contributed by atoms with Gasteiger partial charge in [-0.2, -0.15) is 14.6 Å². The molecule has 1 saturated carbocycles. The monoisotopic (exact) mass is 431 g/mol. The first-order valence-corrected chi connectivity index (χ1v) is 12.1. The maximum absolute atomic E-state index is 11.7. The Morgan fingerprint density at radius 2 is 2.03 bits per heavy atom. The number of piperidine rings is 1. The van der Waals surface area contributed by atoms with Gasteiger partial charge in [0.2, 0.25) is 21.9 Å². The van der Waals surface area contributed by atoms with Crippen molar-refractivity contribution in [1.29, 1.82) is 0 Å². The molecule has 2 N–H and O–H groups in total. The predicted molar refractivity (Wildman–Crippen MR) is 112 cm³/mol. The number of hydrogen-bond donors (Lipinski definition) is 2. The molecule has 1 aliphatic heterocycles. The maximum atomic E-state index is 11.7. The van der Waals surface area contributed by atoms with Crippen LogP contribution in [0, 0.1) is 5.92 Å². The first-order valence-electron chi connectivity index (χ1n) is 10.2. The van der Waals surface area contributed by atoms with Crippen molar-refractivity contribution >= 4 is 21.6 Å². The molecule has 0 unspecified atom stereocenters. The second kappa shape index (κ2) is 7.55. The summed E-state index contributed by atoms with van der Waals surface area (Å²) in [7, 11) is -3.14. The van der Waals surface area contributed by atoms with E-state index in [1.165, 1.54) is 23.4 Å². The molecule has 0 spiro atoms.